The molecule has 100 valence electrons. The van der Waals surface area contributed by atoms with Gasteiger partial charge in [0.2, 0.25) is 5.91 Å². The first-order valence-electron chi connectivity index (χ1n) is 6.20. The van der Waals surface area contributed by atoms with E-state index in [9.17, 15) is 9.90 Å². The molecular formula is C12H24N2O3. The molecule has 1 heterocycles. The van der Waals surface area contributed by atoms with E-state index in [1.807, 2.05) is 6.92 Å². The zero-order valence-corrected chi connectivity index (χ0v) is 11.0. The number of ether oxygens (including phenoxy) is 1. The lowest BCUT2D eigenvalue weighted by Crippen LogP contribution is -2.46. The maximum atomic E-state index is 11.3. The summed E-state index contributed by atoms with van der Waals surface area (Å²) in [5.74, 6) is 0.142. The van der Waals surface area contributed by atoms with E-state index < -0.39 is 5.60 Å². The molecule has 17 heavy (non-hydrogen) atoms. The van der Waals surface area contributed by atoms with Gasteiger partial charge >= 0.3 is 0 Å². The van der Waals surface area contributed by atoms with E-state index in [4.69, 9.17) is 4.74 Å². The van der Waals surface area contributed by atoms with E-state index in [-0.39, 0.29) is 12.0 Å². The molecule has 0 saturated carbocycles. The van der Waals surface area contributed by atoms with Crippen LogP contribution < -0.4 is 5.32 Å². The van der Waals surface area contributed by atoms with Crippen LogP contribution in [0.2, 0.25) is 0 Å². The number of hydrogen-bond donors (Lipinski definition) is 2. The molecule has 0 radical (unpaired) electrons. The molecule has 2 N–H and O–H groups in total. The first-order chi connectivity index (χ1) is 7.96. The Balaban J connectivity index is 2.10. The number of nitrogens with one attached hydrogen (secondary N) is 1. The van der Waals surface area contributed by atoms with Crippen LogP contribution in [0.15, 0.2) is 0 Å². The Kier molecular flexibility index (Phi) is 5.36. The maximum absolute atomic E-state index is 11.3. The Morgan fingerprint density at radius 1 is 1.59 bits per heavy atom. The molecule has 0 aliphatic carbocycles. The monoisotopic (exact) mass is 244 g/mol. The Hall–Kier alpha value is -0.650. The van der Waals surface area contributed by atoms with Crippen LogP contribution in [0.4, 0.5) is 0 Å². The van der Waals surface area contributed by atoms with E-state index in [0.717, 1.165) is 13.0 Å². The third kappa shape index (κ3) is 4.26. The van der Waals surface area contributed by atoms with E-state index in [2.05, 4.69) is 5.32 Å². The van der Waals surface area contributed by atoms with Crippen molar-refractivity contribution >= 4 is 5.91 Å². The highest BCUT2D eigenvalue weighted by molar-refractivity contribution is 5.75. The van der Waals surface area contributed by atoms with Crippen LogP contribution in [0.1, 0.15) is 26.2 Å². The lowest BCUT2D eigenvalue weighted by atomic mass is 9.97. The van der Waals surface area contributed by atoms with Crippen molar-refractivity contribution < 1.29 is 14.6 Å². The molecule has 1 rings (SSSR count). The molecule has 1 amide bonds. The molecule has 0 aromatic heterocycles. The lowest BCUT2D eigenvalue weighted by Gasteiger charge is -2.26. The highest BCUT2D eigenvalue weighted by Gasteiger charge is 2.38. The zero-order valence-electron chi connectivity index (χ0n) is 11.0. The minimum absolute atomic E-state index is 0.113. The van der Waals surface area contributed by atoms with Gasteiger partial charge in [0.15, 0.2) is 0 Å². The van der Waals surface area contributed by atoms with E-state index >= 15 is 0 Å². The highest BCUT2D eigenvalue weighted by atomic mass is 16.5. The fourth-order valence-electron chi connectivity index (χ4n) is 1.90. The number of carbonyl (C=O) groups excluding carboxylic acids is 1. The minimum atomic E-state index is -0.744. The summed E-state index contributed by atoms with van der Waals surface area (Å²) in [6.45, 7) is 3.79. The third-order valence-electron chi connectivity index (χ3n) is 3.33. The molecule has 2 unspecified atom stereocenters. The largest absolute Gasteiger partial charge is 0.386 e. The second kappa shape index (κ2) is 6.33. The number of hydrogen-bond acceptors (Lipinski definition) is 4. The van der Waals surface area contributed by atoms with Crippen molar-refractivity contribution in [3.8, 4) is 0 Å². The van der Waals surface area contributed by atoms with Gasteiger partial charge in [-0.15, -0.1) is 0 Å². The maximum Gasteiger partial charge on any atom is 0.222 e. The minimum Gasteiger partial charge on any atom is -0.386 e. The smallest absolute Gasteiger partial charge is 0.222 e. The number of amides is 1. The van der Waals surface area contributed by atoms with E-state index in [1.54, 1.807) is 19.0 Å². The van der Waals surface area contributed by atoms with E-state index in [0.29, 0.717) is 26.0 Å². The molecule has 0 aromatic carbocycles. The standard InChI is InChI=1S/C12H24N2O3/c1-10-12(16,6-8-17-10)9-13-7-4-5-11(15)14(2)3/h10,13,16H,4-9H2,1-3H3. The first kappa shape index (κ1) is 14.4. The van der Waals surface area contributed by atoms with Crippen molar-refractivity contribution in [2.24, 2.45) is 0 Å². The summed E-state index contributed by atoms with van der Waals surface area (Å²) >= 11 is 0. The van der Waals surface area contributed by atoms with Crippen LogP contribution in [0.3, 0.4) is 0 Å². The molecule has 0 bridgehead atoms. The average molecular weight is 244 g/mol. The van der Waals surface area contributed by atoms with Crippen molar-refractivity contribution in [2.45, 2.75) is 37.9 Å². The van der Waals surface area contributed by atoms with Crippen molar-refractivity contribution in [1.82, 2.24) is 10.2 Å². The van der Waals surface area contributed by atoms with Crippen LogP contribution in [0, 0.1) is 0 Å². The Labute approximate surface area is 103 Å². The first-order valence-corrected chi connectivity index (χ1v) is 6.20. The van der Waals surface area contributed by atoms with Gasteiger partial charge in [-0.1, -0.05) is 0 Å². The number of carbonyl (C=O) groups is 1. The average Bonchev–Trinajstić information content (AvgIpc) is 2.58. The Morgan fingerprint density at radius 3 is 2.82 bits per heavy atom. The lowest BCUT2D eigenvalue weighted by molar-refractivity contribution is -0.128. The molecule has 5 heteroatoms. The molecule has 1 fully saturated rings. The van der Waals surface area contributed by atoms with E-state index in [1.165, 1.54) is 0 Å². The molecule has 1 aliphatic rings. The van der Waals surface area contributed by atoms with Gasteiger partial charge in [0.05, 0.1) is 6.10 Å². The molecular weight excluding hydrogens is 220 g/mol. The summed E-state index contributed by atoms with van der Waals surface area (Å²) in [4.78, 5) is 12.9. The number of rotatable bonds is 6. The fourth-order valence-corrected chi connectivity index (χ4v) is 1.90. The van der Waals surface area contributed by atoms with Crippen LogP contribution >= 0.6 is 0 Å². The van der Waals surface area contributed by atoms with Gasteiger partial charge in [-0.3, -0.25) is 4.79 Å². The molecule has 0 aromatic rings. The number of nitrogens with zero attached hydrogens (tertiary/aromatic N) is 1. The molecule has 1 aliphatic heterocycles. The summed E-state index contributed by atoms with van der Waals surface area (Å²) in [7, 11) is 3.52. The predicted molar refractivity (Wildman–Crippen MR) is 65.8 cm³/mol. The quantitative estimate of drug-likeness (QED) is 0.645. The Morgan fingerprint density at radius 2 is 2.29 bits per heavy atom. The van der Waals surface area contributed by atoms with Crippen molar-refractivity contribution in [3.63, 3.8) is 0 Å². The van der Waals surface area contributed by atoms with Crippen molar-refractivity contribution in [3.05, 3.63) is 0 Å². The van der Waals surface area contributed by atoms with Gasteiger partial charge in [0.1, 0.15) is 5.60 Å². The topological polar surface area (TPSA) is 61.8 Å². The predicted octanol–water partition coefficient (Wildman–Crippen LogP) is -0.0157. The van der Waals surface area contributed by atoms with Crippen molar-refractivity contribution in [1.29, 1.82) is 0 Å². The summed E-state index contributed by atoms with van der Waals surface area (Å²) in [5.41, 5.74) is -0.744. The molecule has 1 saturated heterocycles. The normalized spacial score (nSPS) is 28.4. The molecule has 0 spiro atoms. The van der Waals surface area contributed by atoms with Gasteiger partial charge < -0.3 is 20.1 Å². The molecule has 5 nitrogen and oxygen atoms in total. The second-order valence-corrected chi connectivity index (χ2v) is 4.94. The highest BCUT2D eigenvalue weighted by Crippen LogP contribution is 2.24. The van der Waals surface area contributed by atoms with Gasteiger partial charge in [-0.25, -0.2) is 0 Å². The molecule has 2 atom stereocenters. The summed E-state index contributed by atoms with van der Waals surface area (Å²) in [6.07, 6.45) is 1.91. The van der Waals surface area contributed by atoms with Crippen molar-refractivity contribution in [2.75, 3.05) is 33.8 Å². The van der Waals surface area contributed by atoms with Crippen LogP contribution in [0.5, 0.6) is 0 Å². The van der Waals surface area contributed by atoms with Crippen LogP contribution in [-0.4, -0.2) is 61.4 Å². The summed E-state index contributed by atoms with van der Waals surface area (Å²) < 4.78 is 5.34. The fraction of sp³-hybridized carbons (Fsp3) is 0.917. The summed E-state index contributed by atoms with van der Waals surface area (Å²) in [6, 6.07) is 0. The Bertz CT molecular complexity index is 258. The summed E-state index contributed by atoms with van der Waals surface area (Å²) in [5, 5.41) is 13.4. The third-order valence-corrected chi connectivity index (χ3v) is 3.33. The van der Waals surface area contributed by atoms with Gasteiger partial charge in [0.25, 0.3) is 0 Å². The zero-order chi connectivity index (χ0) is 12.9. The van der Waals surface area contributed by atoms with Gasteiger partial charge in [0, 0.05) is 40.1 Å². The van der Waals surface area contributed by atoms with Gasteiger partial charge in [-0.2, -0.15) is 0 Å². The SMILES string of the molecule is CC1OCCC1(O)CNCCCC(=O)N(C)C. The van der Waals surface area contributed by atoms with Gasteiger partial charge in [-0.05, 0) is 19.9 Å². The van der Waals surface area contributed by atoms with Crippen LogP contribution in [-0.2, 0) is 9.53 Å². The second-order valence-electron chi connectivity index (χ2n) is 4.94. The number of aliphatic hydroxyl groups is 1. The van der Waals surface area contributed by atoms with Crippen LogP contribution in [0.25, 0.3) is 0 Å².